The first-order valence-electron chi connectivity index (χ1n) is 11.2. The first-order valence-corrected chi connectivity index (χ1v) is 11.2. The van der Waals surface area contributed by atoms with Crippen molar-refractivity contribution >= 4 is 17.7 Å². The third kappa shape index (κ3) is 2.63. The fourth-order valence-electron chi connectivity index (χ4n) is 7.36. The number of fused-ring (bicyclic) bond motifs is 6. The Balaban J connectivity index is 1.64. The molecule has 164 valence electrons. The number of hydrogen-bond donors (Lipinski definition) is 2. The lowest BCUT2D eigenvalue weighted by molar-refractivity contribution is -0.191. The van der Waals surface area contributed by atoms with Crippen LogP contribution in [-0.2, 0) is 14.3 Å². The molecule has 2 N–H and O–H groups in total. The van der Waals surface area contributed by atoms with E-state index < -0.39 is 47.3 Å². The lowest BCUT2D eigenvalue weighted by Crippen LogP contribution is -2.67. The quantitative estimate of drug-likeness (QED) is 0.440. The number of carbonyl (C=O) groups is 3. The molecule has 1 aromatic carbocycles. The van der Waals surface area contributed by atoms with Crippen LogP contribution in [0.1, 0.15) is 37.0 Å². The predicted octanol–water partition coefficient (Wildman–Crippen LogP) is 2.96. The van der Waals surface area contributed by atoms with E-state index in [2.05, 4.69) is 0 Å². The van der Waals surface area contributed by atoms with Gasteiger partial charge in [0.15, 0.2) is 5.78 Å². The van der Waals surface area contributed by atoms with E-state index >= 15 is 0 Å². The summed E-state index contributed by atoms with van der Waals surface area (Å²) >= 11 is 0. The molecule has 3 fully saturated rings. The summed E-state index contributed by atoms with van der Waals surface area (Å²) in [6, 6.07) is 8.68. The van der Waals surface area contributed by atoms with Gasteiger partial charge in [-0.05, 0) is 48.6 Å². The van der Waals surface area contributed by atoms with Crippen molar-refractivity contribution < 1.29 is 29.3 Å². The maximum absolute atomic E-state index is 13.9. The van der Waals surface area contributed by atoms with E-state index in [9.17, 15) is 24.6 Å². The minimum Gasteiger partial charge on any atom is -0.480 e. The third-order valence-electron chi connectivity index (χ3n) is 8.60. The van der Waals surface area contributed by atoms with Crippen LogP contribution in [0.4, 0.5) is 0 Å². The number of carboxylic acids is 1. The molecule has 3 saturated carbocycles. The highest BCUT2D eigenvalue weighted by molar-refractivity contribution is 6.07. The summed E-state index contributed by atoms with van der Waals surface area (Å²) < 4.78 is 6.12. The summed E-state index contributed by atoms with van der Waals surface area (Å²) in [6.07, 6.45) is 3.74. The van der Waals surface area contributed by atoms with Gasteiger partial charge in [-0.2, -0.15) is 0 Å². The van der Waals surface area contributed by atoms with Gasteiger partial charge in [-0.25, -0.2) is 4.79 Å². The molecule has 4 aliphatic carbocycles. The van der Waals surface area contributed by atoms with Crippen LogP contribution < -0.4 is 0 Å². The maximum atomic E-state index is 13.9. The van der Waals surface area contributed by atoms with Crippen LogP contribution in [0.3, 0.4) is 0 Å². The van der Waals surface area contributed by atoms with E-state index in [1.165, 1.54) is 0 Å². The topological polar surface area (TPSA) is 101 Å². The first kappa shape index (κ1) is 20.4. The normalized spacial score (nSPS) is 45.1. The number of ketones is 1. The third-order valence-corrected chi connectivity index (χ3v) is 8.60. The lowest BCUT2D eigenvalue weighted by Gasteiger charge is -2.56. The molecular formula is C25H28O6. The van der Waals surface area contributed by atoms with Gasteiger partial charge in [-0.1, -0.05) is 44.2 Å². The zero-order valence-corrected chi connectivity index (χ0v) is 17.7. The van der Waals surface area contributed by atoms with Crippen molar-refractivity contribution in [2.24, 2.45) is 46.8 Å². The standard InChI is InChI=1S/C25H28O6/c1-12-8-9-13(2)25(24(29)30)20(12)21(31-23(28)14-6-4-3-5-7-14)18-15-10-16(17(26)11-15)19(18)22(25)27/h3-9,12-13,15-21,26H,10-11H2,1-2H3,(H,29,30)/t12-,13+,15+,16+,17-,18?,19?,20-,21+,25-/m0/s1. The molecule has 6 nitrogen and oxygen atoms in total. The molecule has 6 heteroatoms. The zero-order valence-electron chi connectivity index (χ0n) is 17.7. The van der Waals surface area contributed by atoms with Crippen molar-refractivity contribution in [1.29, 1.82) is 0 Å². The van der Waals surface area contributed by atoms with Crippen molar-refractivity contribution in [2.45, 2.75) is 38.9 Å². The molecule has 31 heavy (non-hydrogen) atoms. The Kier molecular flexibility index (Phi) is 4.63. The number of aliphatic carboxylic acids is 1. The number of rotatable bonds is 3. The van der Waals surface area contributed by atoms with Crippen molar-refractivity contribution in [2.75, 3.05) is 0 Å². The highest BCUT2D eigenvalue weighted by Gasteiger charge is 2.73. The van der Waals surface area contributed by atoms with E-state index in [0.717, 1.165) is 0 Å². The summed E-state index contributed by atoms with van der Waals surface area (Å²) in [6.45, 7) is 3.67. The Morgan fingerprint density at radius 3 is 2.48 bits per heavy atom. The minimum atomic E-state index is -1.65. The maximum Gasteiger partial charge on any atom is 0.338 e. The molecule has 0 amide bonds. The number of allylic oxidation sites excluding steroid dienone is 2. The second-order valence-electron chi connectivity index (χ2n) is 9.90. The van der Waals surface area contributed by atoms with Crippen LogP contribution >= 0.6 is 0 Å². The highest BCUT2D eigenvalue weighted by Crippen LogP contribution is 2.65. The largest absolute Gasteiger partial charge is 0.480 e. The summed E-state index contributed by atoms with van der Waals surface area (Å²) in [5, 5.41) is 21.0. The van der Waals surface area contributed by atoms with Gasteiger partial charge >= 0.3 is 11.9 Å². The molecule has 0 radical (unpaired) electrons. The highest BCUT2D eigenvalue weighted by atomic mass is 16.5. The van der Waals surface area contributed by atoms with E-state index in [0.29, 0.717) is 18.4 Å². The molecule has 0 saturated heterocycles. The van der Waals surface area contributed by atoms with E-state index in [4.69, 9.17) is 4.74 Å². The Hall–Kier alpha value is -2.47. The van der Waals surface area contributed by atoms with E-state index in [-0.39, 0.29) is 29.5 Å². The van der Waals surface area contributed by atoms with Gasteiger partial charge < -0.3 is 14.9 Å². The SMILES string of the molecule is C[C@@H]1C=C[C@H](C)[C@H]2[C@H](OC(=O)c3ccccc3)C3C(C(=O)[C@@]21C(=O)O)[C@@H]1C[C@@H]3C[C@@H]1O. The van der Waals surface area contributed by atoms with Crippen molar-refractivity contribution in [3.63, 3.8) is 0 Å². The van der Waals surface area contributed by atoms with Crippen molar-refractivity contribution in [1.82, 2.24) is 0 Å². The Morgan fingerprint density at radius 2 is 1.81 bits per heavy atom. The van der Waals surface area contributed by atoms with Crippen LogP contribution in [0.25, 0.3) is 0 Å². The fraction of sp³-hybridized carbons (Fsp3) is 0.560. The van der Waals surface area contributed by atoms with Gasteiger partial charge in [0.05, 0.1) is 11.7 Å². The van der Waals surface area contributed by atoms with Gasteiger partial charge in [0.25, 0.3) is 0 Å². The van der Waals surface area contributed by atoms with Gasteiger partial charge in [-0.3, -0.25) is 9.59 Å². The van der Waals surface area contributed by atoms with Crippen LogP contribution in [0.5, 0.6) is 0 Å². The predicted molar refractivity (Wildman–Crippen MR) is 111 cm³/mol. The lowest BCUT2D eigenvalue weighted by atomic mass is 9.46. The molecule has 0 aromatic heterocycles. The van der Waals surface area contributed by atoms with Crippen LogP contribution in [0.2, 0.25) is 0 Å². The number of Topliss-reactive ketones (excluding diaryl/α,β-unsaturated/α-hetero) is 1. The molecule has 4 aliphatic rings. The number of aliphatic hydroxyl groups excluding tert-OH is 1. The number of esters is 1. The molecule has 1 aromatic rings. The van der Waals surface area contributed by atoms with Crippen molar-refractivity contribution in [3.05, 3.63) is 48.0 Å². The van der Waals surface area contributed by atoms with E-state index in [1.54, 1.807) is 31.2 Å². The number of benzene rings is 1. The fourth-order valence-corrected chi connectivity index (χ4v) is 7.36. The molecule has 0 spiro atoms. The number of aliphatic hydroxyl groups is 1. The van der Waals surface area contributed by atoms with Gasteiger partial charge in [0.1, 0.15) is 11.5 Å². The molecule has 10 atom stereocenters. The molecule has 0 heterocycles. The summed E-state index contributed by atoms with van der Waals surface area (Å²) in [5.41, 5.74) is -1.24. The first-order chi connectivity index (χ1) is 14.8. The Morgan fingerprint density at radius 1 is 1.10 bits per heavy atom. The molecule has 5 rings (SSSR count). The van der Waals surface area contributed by atoms with Gasteiger partial charge in [0.2, 0.25) is 0 Å². The van der Waals surface area contributed by atoms with Crippen LogP contribution in [-0.4, -0.2) is 40.1 Å². The van der Waals surface area contributed by atoms with Crippen LogP contribution in [0.15, 0.2) is 42.5 Å². The Labute approximate surface area is 181 Å². The number of hydrogen-bond acceptors (Lipinski definition) is 5. The molecular weight excluding hydrogens is 396 g/mol. The average molecular weight is 424 g/mol. The number of ether oxygens (including phenoxy) is 1. The second-order valence-corrected chi connectivity index (χ2v) is 9.90. The molecule has 2 unspecified atom stereocenters. The molecule has 0 aliphatic heterocycles. The van der Waals surface area contributed by atoms with Crippen LogP contribution in [0, 0.1) is 46.8 Å². The summed E-state index contributed by atoms with van der Waals surface area (Å²) in [5.74, 6) is -4.33. The monoisotopic (exact) mass is 424 g/mol. The number of carboxylic acid groups (broad SMARTS) is 1. The second kappa shape index (κ2) is 7.02. The number of carbonyl (C=O) groups excluding carboxylic acids is 2. The minimum absolute atomic E-state index is 0.0581. The molecule has 2 bridgehead atoms. The van der Waals surface area contributed by atoms with Gasteiger partial charge in [0, 0.05) is 17.8 Å². The van der Waals surface area contributed by atoms with Crippen molar-refractivity contribution in [3.8, 4) is 0 Å². The van der Waals surface area contributed by atoms with Gasteiger partial charge in [-0.15, -0.1) is 0 Å². The van der Waals surface area contributed by atoms with E-state index in [1.807, 2.05) is 25.1 Å². The zero-order chi connectivity index (χ0) is 22.1. The summed E-state index contributed by atoms with van der Waals surface area (Å²) in [4.78, 5) is 39.8. The Bertz CT molecular complexity index is 954. The average Bonchev–Trinajstić information content (AvgIpc) is 3.30. The summed E-state index contributed by atoms with van der Waals surface area (Å²) in [7, 11) is 0. The smallest absolute Gasteiger partial charge is 0.338 e.